The predicted octanol–water partition coefficient (Wildman–Crippen LogP) is 1.69. The van der Waals surface area contributed by atoms with E-state index < -0.39 is 0 Å². The molecule has 1 aliphatic heterocycles. The first-order chi connectivity index (χ1) is 14.0. The molecule has 4 amide bonds. The fourth-order valence-corrected chi connectivity index (χ4v) is 4.12. The SMILES string of the molecule is CNC(=O)CNC(=O)c1cccc(NC(=O)NC2CCN(C3CCCCC3)C2)c1. The van der Waals surface area contributed by atoms with Crippen LogP contribution in [0.3, 0.4) is 0 Å². The predicted molar refractivity (Wildman–Crippen MR) is 112 cm³/mol. The van der Waals surface area contributed by atoms with Gasteiger partial charge in [0.25, 0.3) is 5.91 Å². The largest absolute Gasteiger partial charge is 0.358 e. The van der Waals surface area contributed by atoms with Crippen molar-refractivity contribution in [1.29, 1.82) is 0 Å². The van der Waals surface area contributed by atoms with E-state index in [-0.39, 0.29) is 30.4 Å². The van der Waals surface area contributed by atoms with Crippen LogP contribution < -0.4 is 21.3 Å². The maximum Gasteiger partial charge on any atom is 0.319 e. The van der Waals surface area contributed by atoms with Gasteiger partial charge < -0.3 is 21.3 Å². The lowest BCUT2D eigenvalue weighted by molar-refractivity contribution is -0.119. The van der Waals surface area contributed by atoms with Gasteiger partial charge in [-0.05, 0) is 37.5 Å². The van der Waals surface area contributed by atoms with Crippen LogP contribution >= 0.6 is 0 Å². The lowest BCUT2D eigenvalue weighted by atomic mass is 9.94. The van der Waals surface area contributed by atoms with Gasteiger partial charge in [-0.3, -0.25) is 14.5 Å². The van der Waals surface area contributed by atoms with Gasteiger partial charge in [0.2, 0.25) is 5.91 Å². The molecule has 1 saturated heterocycles. The zero-order valence-electron chi connectivity index (χ0n) is 17.0. The number of benzene rings is 1. The molecule has 0 spiro atoms. The van der Waals surface area contributed by atoms with Crippen LogP contribution in [0.4, 0.5) is 10.5 Å². The summed E-state index contributed by atoms with van der Waals surface area (Å²) in [5.41, 5.74) is 0.924. The molecule has 1 aromatic rings. The zero-order valence-corrected chi connectivity index (χ0v) is 17.0. The van der Waals surface area contributed by atoms with Crippen molar-refractivity contribution in [2.24, 2.45) is 0 Å². The van der Waals surface area contributed by atoms with Crippen LogP contribution in [0.1, 0.15) is 48.9 Å². The van der Waals surface area contributed by atoms with Crippen molar-refractivity contribution >= 4 is 23.5 Å². The Morgan fingerprint density at radius 1 is 1.10 bits per heavy atom. The minimum absolute atomic E-state index is 0.0906. The number of hydrogen-bond acceptors (Lipinski definition) is 4. The first-order valence-corrected chi connectivity index (χ1v) is 10.5. The molecular weight excluding hydrogens is 370 g/mol. The highest BCUT2D eigenvalue weighted by atomic mass is 16.2. The summed E-state index contributed by atoms with van der Waals surface area (Å²) >= 11 is 0. The molecule has 2 aliphatic rings. The highest BCUT2D eigenvalue weighted by molar-refractivity contribution is 5.98. The Morgan fingerprint density at radius 2 is 1.90 bits per heavy atom. The lowest BCUT2D eigenvalue weighted by Gasteiger charge is -2.31. The number of carbonyl (C=O) groups is 3. The van der Waals surface area contributed by atoms with Crippen LogP contribution in [0.25, 0.3) is 0 Å². The van der Waals surface area contributed by atoms with Crippen LogP contribution in [0, 0.1) is 0 Å². The van der Waals surface area contributed by atoms with E-state index >= 15 is 0 Å². The number of likely N-dealkylation sites (tertiary alicyclic amines) is 1. The van der Waals surface area contributed by atoms with Crippen LogP contribution in [-0.4, -0.2) is 61.5 Å². The van der Waals surface area contributed by atoms with Crippen molar-refractivity contribution in [1.82, 2.24) is 20.9 Å². The Hall–Kier alpha value is -2.61. The zero-order chi connectivity index (χ0) is 20.6. The quantitative estimate of drug-likeness (QED) is 0.582. The number of likely N-dealkylation sites (N-methyl/N-ethyl adjacent to an activating group) is 1. The highest BCUT2D eigenvalue weighted by Gasteiger charge is 2.29. The topological polar surface area (TPSA) is 103 Å². The molecular formula is C21H31N5O3. The third-order valence-corrected chi connectivity index (χ3v) is 5.72. The Kier molecular flexibility index (Phi) is 7.46. The maximum atomic E-state index is 12.4. The minimum atomic E-state index is -0.364. The van der Waals surface area contributed by atoms with Gasteiger partial charge in [0.15, 0.2) is 0 Å². The molecule has 0 radical (unpaired) electrons. The first-order valence-electron chi connectivity index (χ1n) is 10.5. The standard InChI is InChI=1S/C21H31N5O3/c1-22-19(27)13-23-20(28)15-6-5-7-16(12-15)24-21(29)25-17-10-11-26(14-17)18-8-3-2-4-9-18/h5-7,12,17-18H,2-4,8-11,13-14H2,1H3,(H,22,27)(H,23,28)(H2,24,25,29). The monoisotopic (exact) mass is 401 g/mol. The molecule has 29 heavy (non-hydrogen) atoms. The number of hydrogen-bond donors (Lipinski definition) is 4. The molecule has 1 unspecified atom stereocenters. The van der Waals surface area contributed by atoms with Gasteiger partial charge in [-0.1, -0.05) is 25.3 Å². The molecule has 0 aromatic heterocycles. The summed E-state index contributed by atoms with van der Waals surface area (Å²) in [7, 11) is 1.51. The number of nitrogens with zero attached hydrogens (tertiary/aromatic N) is 1. The summed E-state index contributed by atoms with van der Waals surface area (Å²) in [6, 6.07) is 7.23. The summed E-state index contributed by atoms with van der Waals surface area (Å²) in [5.74, 6) is -0.637. The number of nitrogens with one attached hydrogen (secondary N) is 4. The summed E-state index contributed by atoms with van der Waals surface area (Å²) in [6.45, 7) is 1.85. The van der Waals surface area contributed by atoms with E-state index in [1.54, 1.807) is 24.3 Å². The van der Waals surface area contributed by atoms with Crippen molar-refractivity contribution in [3.63, 3.8) is 0 Å². The van der Waals surface area contributed by atoms with E-state index in [1.807, 2.05) is 0 Å². The van der Waals surface area contributed by atoms with Crippen LogP contribution in [0.15, 0.2) is 24.3 Å². The van der Waals surface area contributed by atoms with Crippen LogP contribution in [0.5, 0.6) is 0 Å². The van der Waals surface area contributed by atoms with E-state index in [2.05, 4.69) is 26.2 Å². The molecule has 1 aliphatic carbocycles. The van der Waals surface area contributed by atoms with E-state index in [0.29, 0.717) is 17.3 Å². The van der Waals surface area contributed by atoms with Gasteiger partial charge in [0.05, 0.1) is 6.54 Å². The first kappa shape index (κ1) is 21.1. The average molecular weight is 402 g/mol. The number of urea groups is 1. The molecule has 158 valence electrons. The molecule has 0 bridgehead atoms. The molecule has 1 atom stereocenters. The number of amides is 4. The Morgan fingerprint density at radius 3 is 2.66 bits per heavy atom. The van der Waals surface area contributed by atoms with E-state index in [0.717, 1.165) is 19.5 Å². The molecule has 3 rings (SSSR count). The van der Waals surface area contributed by atoms with Crippen molar-refractivity contribution in [3.05, 3.63) is 29.8 Å². The minimum Gasteiger partial charge on any atom is -0.358 e. The van der Waals surface area contributed by atoms with Gasteiger partial charge in [-0.2, -0.15) is 0 Å². The molecule has 4 N–H and O–H groups in total. The fourth-order valence-electron chi connectivity index (χ4n) is 4.12. The van der Waals surface area contributed by atoms with E-state index in [4.69, 9.17) is 0 Å². The number of rotatable bonds is 6. The normalized spacial score (nSPS) is 20.1. The molecule has 1 saturated carbocycles. The second-order valence-corrected chi connectivity index (χ2v) is 7.81. The Balaban J connectivity index is 1.47. The van der Waals surface area contributed by atoms with Crippen LogP contribution in [-0.2, 0) is 4.79 Å². The Bertz CT molecular complexity index is 733. The van der Waals surface area contributed by atoms with Gasteiger partial charge in [-0.25, -0.2) is 4.79 Å². The second kappa shape index (κ2) is 10.2. The van der Waals surface area contributed by atoms with Gasteiger partial charge >= 0.3 is 6.03 Å². The lowest BCUT2D eigenvalue weighted by Crippen LogP contribution is -2.42. The average Bonchev–Trinajstić information content (AvgIpc) is 3.20. The highest BCUT2D eigenvalue weighted by Crippen LogP contribution is 2.25. The number of anilines is 1. The van der Waals surface area contributed by atoms with Gasteiger partial charge in [-0.15, -0.1) is 0 Å². The van der Waals surface area contributed by atoms with Crippen molar-refractivity contribution in [2.45, 2.75) is 50.6 Å². The molecule has 8 nitrogen and oxygen atoms in total. The van der Waals surface area contributed by atoms with E-state index in [1.165, 1.54) is 39.2 Å². The summed E-state index contributed by atoms with van der Waals surface area (Å²) in [5, 5.41) is 10.8. The molecule has 2 fully saturated rings. The molecule has 1 heterocycles. The van der Waals surface area contributed by atoms with Crippen molar-refractivity contribution in [3.8, 4) is 0 Å². The fraction of sp³-hybridized carbons (Fsp3) is 0.571. The summed E-state index contributed by atoms with van der Waals surface area (Å²) < 4.78 is 0. The van der Waals surface area contributed by atoms with Crippen molar-refractivity contribution < 1.29 is 14.4 Å². The van der Waals surface area contributed by atoms with Crippen LogP contribution in [0.2, 0.25) is 0 Å². The molecule has 1 aromatic carbocycles. The number of carbonyl (C=O) groups excluding carboxylic acids is 3. The second-order valence-electron chi connectivity index (χ2n) is 7.81. The maximum absolute atomic E-state index is 12.4. The third-order valence-electron chi connectivity index (χ3n) is 5.72. The summed E-state index contributed by atoms with van der Waals surface area (Å²) in [6.07, 6.45) is 7.48. The third kappa shape index (κ3) is 6.19. The van der Waals surface area contributed by atoms with E-state index in [9.17, 15) is 14.4 Å². The van der Waals surface area contributed by atoms with Gasteiger partial charge in [0.1, 0.15) is 0 Å². The summed E-state index contributed by atoms with van der Waals surface area (Å²) in [4.78, 5) is 38.3. The van der Waals surface area contributed by atoms with Gasteiger partial charge in [0, 0.05) is 43.5 Å². The van der Waals surface area contributed by atoms with Crippen molar-refractivity contribution in [2.75, 3.05) is 32.0 Å². The smallest absolute Gasteiger partial charge is 0.319 e. The molecule has 8 heteroatoms. The Labute approximate surface area is 171 Å².